The third-order valence-corrected chi connectivity index (χ3v) is 3.29. The molecule has 0 aliphatic rings. The van der Waals surface area contributed by atoms with Crippen LogP contribution in [0.3, 0.4) is 0 Å². The molecule has 1 unspecified atom stereocenters. The molecule has 1 aromatic rings. The molecule has 84 valence electrons. The van der Waals surface area contributed by atoms with Crippen LogP contribution < -0.4 is 4.74 Å². The Morgan fingerprint density at radius 3 is 2.27 bits per heavy atom. The Hall–Kier alpha value is -0.670. The van der Waals surface area contributed by atoms with Crippen molar-refractivity contribution in [3.05, 3.63) is 23.3 Å². The Morgan fingerprint density at radius 2 is 1.87 bits per heavy atom. The van der Waals surface area contributed by atoms with Gasteiger partial charge in [-0.25, -0.2) is 0 Å². The van der Waals surface area contributed by atoms with Gasteiger partial charge in [0.1, 0.15) is 5.75 Å². The van der Waals surface area contributed by atoms with E-state index in [0.717, 1.165) is 16.9 Å². The zero-order valence-electron chi connectivity index (χ0n) is 9.70. The van der Waals surface area contributed by atoms with Gasteiger partial charge in [-0.15, -0.1) is 11.8 Å². The van der Waals surface area contributed by atoms with Crippen LogP contribution in [0.4, 0.5) is 0 Å². The molecule has 1 aromatic carbocycles. The van der Waals surface area contributed by atoms with Crippen molar-refractivity contribution in [1.29, 1.82) is 0 Å². The summed E-state index contributed by atoms with van der Waals surface area (Å²) < 4.78 is 5.30. The van der Waals surface area contributed by atoms with Gasteiger partial charge in [0, 0.05) is 10.1 Å². The summed E-state index contributed by atoms with van der Waals surface area (Å²) in [5.74, 6) is 0.955. The van der Waals surface area contributed by atoms with Gasteiger partial charge in [-0.05, 0) is 37.1 Å². The average molecular weight is 226 g/mol. The average Bonchev–Trinajstić information content (AvgIpc) is 2.17. The molecule has 2 nitrogen and oxygen atoms in total. The zero-order valence-corrected chi connectivity index (χ0v) is 10.5. The van der Waals surface area contributed by atoms with Gasteiger partial charge in [0.25, 0.3) is 0 Å². The van der Waals surface area contributed by atoms with Crippen LogP contribution in [-0.4, -0.2) is 24.1 Å². The van der Waals surface area contributed by atoms with E-state index in [4.69, 9.17) is 9.84 Å². The molecule has 0 radical (unpaired) electrons. The predicted octanol–water partition coefficient (Wildman–Crippen LogP) is 2.78. The predicted molar refractivity (Wildman–Crippen MR) is 64.9 cm³/mol. The lowest BCUT2D eigenvalue weighted by molar-refractivity contribution is 0.300. The van der Waals surface area contributed by atoms with E-state index in [1.807, 2.05) is 20.8 Å². The highest BCUT2D eigenvalue weighted by molar-refractivity contribution is 8.00. The molecule has 0 heterocycles. The summed E-state index contributed by atoms with van der Waals surface area (Å²) in [5.41, 5.74) is 2.29. The maximum Gasteiger partial charge on any atom is 0.124 e. The number of benzene rings is 1. The van der Waals surface area contributed by atoms with Gasteiger partial charge in [-0.2, -0.15) is 0 Å². The van der Waals surface area contributed by atoms with Crippen molar-refractivity contribution >= 4 is 11.8 Å². The molecular weight excluding hydrogens is 208 g/mol. The second-order valence-electron chi connectivity index (χ2n) is 3.70. The Labute approximate surface area is 95.7 Å². The summed E-state index contributed by atoms with van der Waals surface area (Å²) in [5, 5.41) is 9.22. The Bertz CT molecular complexity index is 313. The Balaban J connectivity index is 2.93. The zero-order chi connectivity index (χ0) is 11.4. The largest absolute Gasteiger partial charge is 0.496 e. The molecule has 0 saturated carbocycles. The van der Waals surface area contributed by atoms with Gasteiger partial charge in [0.2, 0.25) is 0 Å². The summed E-state index contributed by atoms with van der Waals surface area (Å²) >= 11 is 1.69. The smallest absolute Gasteiger partial charge is 0.124 e. The minimum absolute atomic E-state index is 0.203. The van der Waals surface area contributed by atoms with Gasteiger partial charge in [0.15, 0.2) is 0 Å². The van der Waals surface area contributed by atoms with E-state index in [1.165, 1.54) is 4.90 Å². The first-order chi connectivity index (χ1) is 7.08. The number of hydrogen-bond acceptors (Lipinski definition) is 3. The van der Waals surface area contributed by atoms with Crippen molar-refractivity contribution in [2.75, 3.05) is 13.7 Å². The highest BCUT2D eigenvalue weighted by Crippen LogP contribution is 2.31. The van der Waals surface area contributed by atoms with E-state index < -0.39 is 0 Å². The first-order valence-electron chi connectivity index (χ1n) is 5.01. The molecular formula is C12H18O2S. The number of ether oxygens (including phenoxy) is 1. The van der Waals surface area contributed by atoms with E-state index in [2.05, 4.69) is 12.1 Å². The molecule has 0 bridgehead atoms. The molecule has 15 heavy (non-hydrogen) atoms. The van der Waals surface area contributed by atoms with Gasteiger partial charge in [0.05, 0.1) is 13.7 Å². The van der Waals surface area contributed by atoms with E-state index in [1.54, 1.807) is 18.9 Å². The number of rotatable bonds is 4. The summed E-state index contributed by atoms with van der Waals surface area (Å²) in [4.78, 5) is 1.19. The van der Waals surface area contributed by atoms with Crippen LogP contribution in [0.15, 0.2) is 17.0 Å². The van der Waals surface area contributed by atoms with Gasteiger partial charge in [-0.1, -0.05) is 6.92 Å². The molecule has 0 spiro atoms. The molecule has 0 aliphatic heterocycles. The number of hydrogen-bond donors (Lipinski definition) is 1. The molecule has 3 heteroatoms. The van der Waals surface area contributed by atoms with Crippen molar-refractivity contribution in [1.82, 2.24) is 0 Å². The number of aliphatic hydroxyl groups excluding tert-OH is 1. The lowest BCUT2D eigenvalue weighted by Crippen LogP contribution is -2.02. The van der Waals surface area contributed by atoms with Crippen LogP contribution in [0.25, 0.3) is 0 Å². The second kappa shape index (κ2) is 5.42. The topological polar surface area (TPSA) is 29.5 Å². The number of methoxy groups -OCH3 is 1. The molecule has 1 atom stereocenters. The van der Waals surface area contributed by atoms with Gasteiger partial charge >= 0.3 is 0 Å². The quantitative estimate of drug-likeness (QED) is 0.801. The fourth-order valence-corrected chi connectivity index (χ4v) is 2.60. The van der Waals surface area contributed by atoms with Crippen LogP contribution in [0, 0.1) is 13.8 Å². The Morgan fingerprint density at radius 1 is 1.33 bits per heavy atom. The van der Waals surface area contributed by atoms with Gasteiger partial charge < -0.3 is 9.84 Å². The molecule has 1 N–H and O–H groups in total. The minimum atomic E-state index is 0.203. The lowest BCUT2D eigenvalue weighted by atomic mass is 10.1. The number of thioether (sulfide) groups is 1. The van der Waals surface area contributed by atoms with E-state index in [9.17, 15) is 0 Å². The minimum Gasteiger partial charge on any atom is -0.496 e. The van der Waals surface area contributed by atoms with E-state index in [0.29, 0.717) is 0 Å². The maximum atomic E-state index is 8.99. The summed E-state index contributed by atoms with van der Waals surface area (Å²) in [6, 6.07) is 4.20. The van der Waals surface area contributed by atoms with Crippen molar-refractivity contribution < 1.29 is 9.84 Å². The van der Waals surface area contributed by atoms with Crippen molar-refractivity contribution in [2.45, 2.75) is 30.9 Å². The number of aliphatic hydroxyl groups is 1. The van der Waals surface area contributed by atoms with Crippen molar-refractivity contribution in [3.63, 3.8) is 0 Å². The third-order valence-electron chi connectivity index (χ3n) is 2.23. The first kappa shape index (κ1) is 12.4. The highest BCUT2D eigenvalue weighted by Gasteiger charge is 2.08. The van der Waals surface area contributed by atoms with Crippen LogP contribution in [-0.2, 0) is 0 Å². The molecule has 0 aliphatic carbocycles. The van der Waals surface area contributed by atoms with Gasteiger partial charge in [-0.3, -0.25) is 0 Å². The second-order valence-corrected chi connectivity index (χ2v) is 5.21. The summed E-state index contributed by atoms with van der Waals surface area (Å²) in [6.45, 7) is 6.30. The van der Waals surface area contributed by atoms with Crippen LogP contribution in [0.1, 0.15) is 18.1 Å². The fraction of sp³-hybridized carbons (Fsp3) is 0.500. The standard InChI is InChI=1S/C12H18O2S/c1-8-5-11(15-10(3)7-13)6-9(2)12(8)14-4/h5-6,10,13H,7H2,1-4H3. The molecule has 1 rings (SSSR count). The SMILES string of the molecule is COc1c(C)cc(SC(C)CO)cc1C. The van der Waals surface area contributed by atoms with Crippen molar-refractivity contribution in [3.8, 4) is 5.75 Å². The molecule has 0 fully saturated rings. The molecule has 0 amide bonds. The van der Waals surface area contributed by atoms with E-state index in [-0.39, 0.29) is 11.9 Å². The Kier molecular flexibility index (Phi) is 4.48. The first-order valence-corrected chi connectivity index (χ1v) is 5.89. The summed E-state index contributed by atoms with van der Waals surface area (Å²) in [7, 11) is 1.69. The van der Waals surface area contributed by atoms with Crippen LogP contribution in [0.5, 0.6) is 5.75 Å². The maximum absolute atomic E-state index is 8.99. The summed E-state index contributed by atoms with van der Waals surface area (Å²) in [6.07, 6.45) is 0. The number of aryl methyl sites for hydroxylation is 2. The third kappa shape index (κ3) is 3.14. The normalized spacial score (nSPS) is 12.6. The molecule has 0 aromatic heterocycles. The lowest BCUT2D eigenvalue weighted by Gasteiger charge is -2.13. The van der Waals surface area contributed by atoms with Crippen molar-refractivity contribution in [2.24, 2.45) is 0 Å². The van der Waals surface area contributed by atoms with E-state index >= 15 is 0 Å². The molecule has 0 saturated heterocycles. The monoisotopic (exact) mass is 226 g/mol. The fourth-order valence-electron chi connectivity index (χ4n) is 1.57. The van der Waals surface area contributed by atoms with Crippen LogP contribution in [0.2, 0.25) is 0 Å². The highest BCUT2D eigenvalue weighted by atomic mass is 32.2. The van der Waals surface area contributed by atoms with Crippen LogP contribution >= 0.6 is 11.8 Å².